The first-order valence-electron chi connectivity index (χ1n) is 9.70. The lowest BCUT2D eigenvalue weighted by atomic mass is 9.84. The number of rotatable bonds is 3. The SMILES string of the molecule is O=C1OC[C@@H]2C(C=Cc3ccc(-c4cc(F)cc(F)c4)cn3)c3ccccc3CN12. The van der Waals surface area contributed by atoms with Crippen molar-refractivity contribution in [2.75, 3.05) is 6.61 Å². The lowest BCUT2D eigenvalue weighted by Gasteiger charge is -2.34. The molecule has 1 fully saturated rings. The first-order chi connectivity index (χ1) is 14.6. The fourth-order valence-corrected chi connectivity index (χ4v) is 4.17. The molecule has 0 bridgehead atoms. The molecule has 0 spiro atoms. The monoisotopic (exact) mass is 404 g/mol. The van der Waals surface area contributed by atoms with Gasteiger partial charge in [0.1, 0.15) is 18.2 Å². The van der Waals surface area contributed by atoms with Crippen molar-refractivity contribution < 1.29 is 18.3 Å². The van der Waals surface area contributed by atoms with Gasteiger partial charge in [0.15, 0.2) is 0 Å². The number of halogens is 2. The number of hydrogen-bond donors (Lipinski definition) is 0. The average Bonchev–Trinajstić information content (AvgIpc) is 3.11. The van der Waals surface area contributed by atoms with E-state index >= 15 is 0 Å². The summed E-state index contributed by atoms with van der Waals surface area (Å²) in [6.07, 6.45) is 5.26. The number of nitrogens with zero attached hydrogens (tertiary/aromatic N) is 2. The number of carbonyl (C=O) groups excluding carboxylic acids is 1. The largest absolute Gasteiger partial charge is 0.447 e. The van der Waals surface area contributed by atoms with Crippen LogP contribution in [-0.4, -0.2) is 28.6 Å². The molecule has 2 atom stereocenters. The van der Waals surface area contributed by atoms with E-state index in [2.05, 4.69) is 11.1 Å². The van der Waals surface area contributed by atoms with Crippen molar-refractivity contribution in [2.45, 2.75) is 18.5 Å². The number of amides is 1. The van der Waals surface area contributed by atoms with Gasteiger partial charge in [-0.3, -0.25) is 9.88 Å². The highest BCUT2D eigenvalue weighted by molar-refractivity contribution is 5.72. The molecule has 1 amide bonds. The number of benzene rings is 2. The molecule has 2 aromatic carbocycles. The summed E-state index contributed by atoms with van der Waals surface area (Å²) < 4.78 is 32.2. The van der Waals surface area contributed by atoms with Gasteiger partial charge in [-0.05, 0) is 41.0 Å². The van der Waals surface area contributed by atoms with Crippen LogP contribution in [0.1, 0.15) is 22.7 Å². The molecule has 0 N–H and O–H groups in total. The Morgan fingerprint density at radius 2 is 1.83 bits per heavy atom. The molecule has 6 heteroatoms. The molecule has 1 saturated heterocycles. The second kappa shape index (κ2) is 7.37. The second-order valence-electron chi connectivity index (χ2n) is 7.49. The van der Waals surface area contributed by atoms with Gasteiger partial charge in [-0.1, -0.05) is 36.4 Å². The van der Waals surface area contributed by atoms with E-state index in [1.54, 1.807) is 23.2 Å². The zero-order valence-electron chi connectivity index (χ0n) is 16.0. The van der Waals surface area contributed by atoms with Crippen LogP contribution in [0.25, 0.3) is 17.2 Å². The third-order valence-electron chi connectivity index (χ3n) is 5.64. The van der Waals surface area contributed by atoms with Crippen molar-refractivity contribution >= 4 is 12.2 Å². The first-order valence-corrected chi connectivity index (χ1v) is 9.70. The number of pyridine rings is 1. The van der Waals surface area contributed by atoms with E-state index in [1.165, 1.54) is 17.7 Å². The Morgan fingerprint density at radius 3 is 2.60 bits per heavy atom. The Morgan fingerprint density at radius 1 is 1.03 bits per heavy atom. The highest BCUT2D eigenvalue weighted by atomic mass is 19.1. The van der Waals surface area contributed by atoms with E-state index in [0.717, 1.165) is 17.3 Å². The van der Waals surface area contributed by atoms with Gasteiger partial charge >= 0.3 is 6.09 Å². The number of aromatic nitrogens is 1. The normalized spacial score (nSPS) is 20.2. The molecule has 150 valence electrons. The van der Waals surface area contributed by atoms with Crippen LogP contribution >= 0.6 is 0 Å². The summed E-state index contributed by atoms with van der Waals surface area (Å²) in [5.41, 5.74) is 4.08. The van der Waals surface area contributed by atoms with Gasteiger partial charge in [-0.25, -0.2) is 13.6 Å². The van der Waals surface area contributed by atoms with Crippen molar-refractivity contribution in [2.24, 2.45) is 0 Å². The van der Waals surface area contributed by atoms with Gasteiger partial charge in [-0.2, -0.15) is 0 Å². The van der Waals surface area contributed by atoms with Crippen LogP contribution in [0.2, 0.25) is 0 Å². The Kier molecular flexibility index (Phi) is 4.54. The maximum absolute atomic E-state index is 13.5. The molecule has 30 heavy (non-hydrogen) atoms. The van der Waals surface area contributed by atoms with E-state index < -0.39 is 11.6 Å². The van der Waals surface area contributed by atoms with Gasteiger partial charge in [0.05, 0.1) is 11.7 Å². The number of ether oxygens (including phenoxy) is 1. The number of fused-ring (bicyclic) bond motifs is 2. The van der Waals surface area contributed by atoms with Crippen molar-refractivity contribution in [3.8, 4) is 11.1 Å². The topological polar surface area (TPSA) is 42.4 Å². The van der Waals surface area contributed by atoms with Crippen molar-refractivity contribution in [3.05, 3.63) is 95.3 Å². The average molecular weight is 404 g/mol. The molecular formula is C24H18F2N2O2. The molecule has 0 radical (unpaired) electrons. The zero-order valence-corrected chi connectivity index (χ0v) is 16.0. The van der Waals surface area contributed by atoms with E-state index in [4.69, 9.17) is 4.74 Å². The molecule has 2 aliphatic heterocycles. The minimum absolute atomic E-state index is 0.000177. The number of hydrogen-bond acceptors (Lipinski definition) is 3. The first kappa shape index (κ1) is 18.5. The quantitative estimate of drug-likeness (QED) is 0.606. The number of cyclic esters (lactones) is 1. The van der Waals surface area contributed by atoms with Crippen LogP contribution in [0, 0.1) is 11.6 Å². The Balaban J connectivity index is 1.42. The lowest BCUT2D eigenvalue weighted by Crippen LogP contribution is -2.41. The van der Waals surface area contributed by atoms with Crippen LogP contribution in [0.3, 0.4) is 0 Å². The maximum atomic E-state index is 13.5. The molecule has 4 nitrogen and oxygen atoms in total. The van der Waals surface area contributed by atoms with Gasteiger partial charge in [0, 0.05) is 30.3 Å². The van der Waals surface area contributed by atoms with Gasteiger partial charge in [0.25, 0.3) is 0 Å². The summed E-state index contributed by atoms with van der Waals surface area (Å²) in [5.74, 6) is -1.24. The lowest BCUT2D eigenvalue weighted by molar-refractivity contribution is 0.154. The van der Waals surface area contributed by atoms with Gasteiger partial charge in [-0.15, -0.1) is 0 Å². The van der Waals surface area contributed by atoms with Crippen molar-refractivity contribution in [3.63, 3.8) is 0 Å². The minimum atomic E-state index is -0.622. The van der Waals surface area contributed by atoms with Gasteiger partial charge < -0.3 is 4.74 Å². The molecule has 1 aromatic heterocycles. The highest BCUT2D eigenvalue weighted by Gasteiger charge is 2.42. The van der Waals surface area contributed by atoms with E-state index in [1.807, 2.05) is 30.4 Å². The standard InChI is InChI=1S/C24H18F2N2O2/c25-18-9-17(10-19(26)11-18)15-5-6-20(27-12-15)7-8-22-21-4-2-1-3-16(21)13-28-23(22)14-30-24(28)29/h1-12,22-23H,13-14H2/t22?,23-/m1/s1. The van der Waals surface area contributed by atoms with E-state index in [9.17, 15) is 13.6 Å². The second-order valence-corrected chi connectivity index (χ2v) is 7.49. The van der Waals surface area contributed by atoms with Crippen molar-refractivity contribution in [1.82, 2.24) is 9.88 Å². The van der Waals surface area contributed by atoms with Crippen LogP contribution in [0.5, 0.6) is 0 Å². The fraction of sp³-hybridized carbons (Fsp3) is 0.167. The molecule has 0 saturated carbocycles. The smallest absolute Gasteiger partial charge is 0.410 e. The molecule has 1 unspecified atom stereocenters. The third kappa shape index (κ3) is 3.34. The summed E-state index contributed by atoms with van der Waals surface area (Å²) in [4.78, 5) is 18.3. The predicted octanol–water partition coefficient (Wildman–Crippen LogP) is 5.16. The molecule has 5 rings (SSSR count). The van der Waals surface area contributed by atoms with Crippen LogP contribution in [0.4, 0.5) is 13.6 Å². The Hall–Kier alpha value is -3.54. The van der Waals surface area contributed by atoms with E-state index in [-0.39, 0.29) is 18.1 Å². The zero-order chi connectivity index (χ0) is 20.7. The summed E-state index contributed by atoms with van der Waals surface area (Å²) in [6.45, 7) is 0.917. The molecule has 3 heterocycles. The summed E-state index contributed by atoms with van der Waals surface area (Å²) >= 11 is 0. The highest BCUT2D eigenvalue weighted by Crippen LogP contribution is 2.37. The number of carbonyl (C=O) groups is 1. The van der Waals surface area contributed by atoms with E-state index in [0.29, 0.717) is 24.3 Å². The van der Waals surface area contributed by atoms with Gasteiger partial charge in [0.2, 0.25) is 0 Å². The molecule has 2 aliphatic rings. The van der Waals surface area contributed by atoms with Crippen LogP contribution < -0.4 is 0 Å². The fourth-order valence-electron chi connectivity index (χ4n) is 4.17. The Labute approximate surface area is 172 Å². The maximum Gasteiger partial charge on any atom is 0.410 e. The van der Waals surface area contributed by atoms with Crippen LogP contribution in [-0.2, 0) is 11.3 Å². The Bertz CT molecular complexity index is 1120. The predicted molar refractivity (Wildman–Crippen MR) is 108 cm³/mol. The molecule has 0 aliphatic carbocycles. The van der Waals surface area contributed by atoms with Crippen LogP contribution in [0.15, 0.2) is 66.9 Å². The molecule has 3 aromatic rings. The summed E-state index contributed by atoms with van der Waals surface area (Å²) in [7, 11) is 0. The summed E-state index contributed by atoms with van der Waals surface area (Å²) in [6, 6.07) is 15.0. The van der Waals surface area contributed by atoms with Crippen molar-refractivity contribution in [1.29, 1.82) is 0 Å². The summed E-state index contributed by atoms with van der Waals surface area (Å²) in [5, 5.41) is 0. The minimum Gasteiger partial charge on any atom is -0.447 e. The molecular weight excluding hydrogens is 386 g/mol. The third-order valence-corrected chi connectivity index (χ3v) is 5.64.